The molecule has 2 aromatic rings. The van der Waals surface area contributed by atoms with Crippen LogP contribution in [-0.4, -0.2) is 16.1 Å². The van der Waals surface area contributed by atoms with Gasteiger partial charge in [-0.2, -0.15) is 5.10 Å². The van der Waals surface area contributed by atoms with Gasteiger partial charge >= 0.3 is 6.36 Å². The van der Waals surface area contributed by atoms with Crippen LogP contribution >= 0.6 is 0 Å². The maximum atomic E-state index is 12.3. The molecule has 0 bridgehead atoms. The molecule has 0 spiro atoms. The van der Waals surface area contributed by atoms with Crippen LogP contribution in [0.4, 0.5) is 13.2 Å². The largest absolute Gasteiger partial charge is 0.573 e. The lowest BCUT2D eigenvalue weighted by Gasteiger charge is -2.12. The molecule has 1 aromatic carbocycles. The van der Waals surface area contributed by atoms with E-state index in [1.54, 1.807) is 19.3 Å². The van der Waals surface area contributed by atoms with Crippen molar-refractivity contribution in [3.8, 4) is 29.2 Å². The Morgan fingerprint density at radius 2 is 1.95 bits per heavy atom. The summed E-state index contributed by atoms with van der Waals surface area (Å²) < 4.78 is 42.5. The Labute approximate surface area is 107 Å². The fourth-order valence-electron chi connectivity index (χ4n) is 1.69. The minimum atomic E-state index is -4.76. The molecule has 1 aromatic heterocycles. The van der Waals surface area contributed by atoms with Gasteiger partial charge in [-0.05, 0) is 12.0 Å². The number of aromatic nitrogens is 2. The van der Waals surface area contributed by atoms with Crippen molar-refractivity contribution in [1.29, 1.82) is 0 Å². The van der Waals surface area contributed by atoms with Crippen LogP contribution in [0, 0.1) is 12.3 Å². The number of para-hydroxylation sites is 1. The molecular formula is C13H9F3N2O. The highest BCUT2D eigenvalue weighted by Crippen LogP contribution is 2.34. The standard InChI is InChI=1S/C13H9F3N2O/c1-3-11-10(8-18(2)17-11)9-6-4-5-7-12(9)19-13(14,15)16/h1,4-8H,2H3. The van der Waals surface area contributed by atoms with Crippen molar-refractivity contribution in [2.24, 2.45) is 7.05 Å². The average Bonchev–Trinajstić information content (AvgIpc) is 2.69. The number of alkyl halides is 3. The van der Waals surface area contributed by atoms with Gasteiger partial charge in [-0.3, -0.25) is 4.68 Å². The van der Waals surface area contributed by atoms with Crippen LogP contribution in [0.2, 0.25) is 0 Å². The number of hydrogen-bond acceptors (Lipinski definition) is 2. The molecule has 0 radical (unpaired) electrons. The SMILES string of the molecule is C#Cc1nn(C)cc1-c1ccccc1OC(F)(F)F. The highest BCUT2D eigenvalue weighted by Gasteiger charge is 2.32. The molecule has 2 rings (SSSR count). The first-order valence-electron chi connectivity index (χ1n) is 5.26. The average molecular weight is 266 g/mol. The van der Waals surface area contributed by atoms with Crippen molar-refractivity contribution in [2.45, 2.75) is 6.36 Å². The lowest BCUT2D eigenvalue weighted by molar-refractivity contribution is -0.274. The predicted molar refractivity (Wildman–Crippen MR) is 63.3 cm³/mol. The van der Waals surface area contributed by atoms with Crippen LogP contribution in [-0.2, 0) is 7.05 Å². The topological polar surface area (TPSA) is 27.1 Å². The van der Waals surface area contributed by atoms with Gasteiger partial charge in [-0.15, -0.1) is 19.6 Å². The van der Waals surface area contributed by atoms with Crippen LogP contribution < -0.4 is 4.74 Å². The number of benzene rings is 1. The Bertz CT molecular complexity index is 638. The molecule has 19 heavy (non-hydrogen) atoms. The Morgan fingerprint density at radius 1 is 1.26 bits per heavy atom. The first-order valence-corrected chi connectivity index (χ1v) is 5.26. The maximum Gasteiger partial charge on any atom is 0.573 e. The van der Waals surface area contributed by atoms with E-state index in [9.17, 15) is 13.2 Å². The van der Waals surface area contributed by atoms with E-state index >= 15 is 0 Å². The summed E-state index contributed by atoms with van der Waals surface area (Å²) in [5.74, 6) is 2.03. The molecule has 0 N–H and O–H groups in total. The summed E-state index contributed by atoms with van der Waals surface area (Å²) in [4.78, 5) is 0. The monoisotopic (exact) mass is 266 g/mol. The minimum absolute atomic E-state index is 0.251. The van der Waals surface area contributed by atoms with Gasteiger partial charge < -0.3 is 4.74 Å². The normalized spacial score (nSPS) is 11.1. The second kappa shape index (κ2) is 4.69. The highest BCUT2D eigenvalue weighted by molar-refractivity contribution is 5.74. The van der Waals surface area contributed by atoms with Crippen LogP contribution in [0.25, 0.3) is 11.1 Å². The van der Waals surface area contributed by atoms with Crippen molar-refractivity contribution < 1.29 is 17.9 Å². The molecule has 0 unspecified atom stereocenters. The molecule has 1 heterocycles. The van der Waals surface area contributed by atoms with Crippen molar-refractivity contribution in [3.63, 3.8) is 0 Å². The summed E-state index contributed by atoms with van der Waals surface area (Å²) in [6, 6.07) is 5.79. The van der Waals surface area contributed by atoms with Crippen molar-refractivity contribution in [1.82, 2.24) is 9.78 Å². The number of nitrogens with zero attached hydrogens (tertiary/aromatic N) is 2. The molecule has 0 fully saturated rings. The molecule has 0 amide bonds. The third kappa shape index (κ3) is 2.88. The number of aryl methyl sites for hydroxylation is 1. The van der Waals surface area contributed by atoms with E-state index in [0.29, 0.717) is 5.56 Å². The van der Waals surface area contributed by atoms with Crippen LogP contribution in [0.3, 0.4) is 0 Å². The van der Waals surface area contributed by atoms with E-state index in [1.165, 1.54) is 22.9 Å². The zero-order chi connectivity index (χ0) is 14.0. The van der Waals surface area contributed by atoms with E-state index in [1.807, 2.05) is 0 Å². The van der Waals surface area contributed by atoms with Crippen LogP contribution in [0.5, 0.6) is 5.75 Å². The quantitative estimate of drug-likeness (QED) is 0.781. The molecule has 0 aliphatic carbocycles. The van der Waals surface area contributed by atoms with Gasteiger partial charge in [-0.25, -0.2) is 0 Å². The molecule has 0 atom stereocenters. The Hall–Kier alpha value is -2.42. The Kier molecular flexibility index (Phi) is 3.21. The van der Waals surface area contributed by atoms with Crippen molar-refractivity contribution in [3.05, 3.63) is 36.2 Å². The van der Waals surface area contributed by atoms with Crippen molar-refractivity contribution in [2.75, 3.05) is 0 Å². The summed E-state index contributed by atoms with van der Waals surface area (Å²) >= 11 is 0. The summed E-state index contributed by atoms with van der Waals surface area (Å²) in [6.45, 7) is 0. The highest BCUT2D eigenvalue weighted by atomic mass is 19.4. The van der Waals surface area contributed by atoms with E-state index in [4.69, 9.17) is 6.42 Å². The summed E-state index contributed by atoms with van der Waals surface area (Å²) in [5.41, 5.74) is 0.937. The molecule has 98 valence electrons. The van der Waals surface area contributed by atoms with Crippen molar-refractivity contribution >= 4 is 0 Å². The second-order valence-corrected chi connectivity index (χ2v) is 3.75. The molecule has 0 aliphatic rings. The van der Waals surface area contributed by atoms with Gasteiger partial charge in [0.1, 0.15) is 11.4 Å². The summed E-state index contributed by atoms with van der Waals surface area (Å²) in [5, 5.41) is 3.99. The van der Waals surface area contributed by atoms with Gasteiger partial charge in [0.25, 0.3) is 0 Å². The third-order valence-corrected chi connectivity index (χ3v) is 2.37. The van der Waals surface area contributed by atoms with E-state index < -0.39 is 6.36 Å². The van der Waals surface area contributed by atoms with E-state index in [0.717, 1.165) is 0 Å². The number of hydrogen-bond donors (Lipinski definition) is 0. The molecule has 6 heteroatoms. The van der Waals surface area contributed by atoms with Gasteiger partial charge in [-0.1, -0.05) is 18.2 Å². The fourth-order valence-corrected chi connectivity index (χ4v) is 1.69. The zero-order valence-corrected chi connectivity index (χ0v) is 9.90. The molecule has 3 nitrogen and oxygen atoms in total. The van der Waals surface area contributed by atoms with Crippen LogP contribution in [0.1, 0.15) is 5.69 Å². The van der Waals surface area contributed by atoms with E-state index in [2.05, 4.69) is 15.8 Å². The summed E-state index contributed by atoms with van der Waals surface area (Å²) in [6.07, 6.45) is 2.08. The zero-order valence-electron chi connectivity index (χ0n) is 9.90. The molecular weight excluding hydrogens is 257 g/mol. The molecule has 0 saturated carbocycles. The maximum absolute atomic E-state index is 12.3. The fraction of sp³-hybridized carbons (Fsp3) is 0.154. The smallest absolute Gasteiger partial charge is 0.405 e. The lowest BCUT2D eigenvalue weighted by atomic mass is 10.1. The Balaban J connectivity index is 2.54. The Morgan fingerprint density at radius 3 is 2.58 bits per heavy atom. The van der Waals surface area contributed by atoms with E-state index in [-0.39, 0.29) is 17.0 Å². The second-order valence-electron chi connectivity index (χ2n) is 3.75. The minimum Gasteiger partial charge on any atom is -0.405 e. The number of halogens is 3. The number of rotatable bonds is 2. The molecule has 0 saturated heterocycles. The summed E-state index contributed by atoms with van der Waals surface area (Å²) in [7, 11) is 1.64. The molecule has 0 aliphatic heterocycles. The first-order chi connectivity index (χ1) is 8.90. The number of terminal acetylenes is 1. The first kappa shape index (κ1) is 13.0. The van der Waals surface area contributed by atoms with Crippen LogP contribution in [0.15, 0.2) is 30.5 Å². The van der Waals surface area contributed by atoms with Gasteiger partial charge in [0.2, 0.25) is 0 Å². The van der Waals surface area contributed by atoms with Gasteiger partial charge in [0.15, 0.2) is 0 Å². The van der Waals surface area contributed by atoms with Gasteiger partial charge in [0.05, 0.1) is 0 Å². The third-order valence-electron chi connectivity index (χ3n) is 2.37. The number of ether oxygens (including phenoxy) is 1. The van der Waals surface area contributed by atoms with Gasteiger partial charge in [0, 0.05) is 24.4 Å². The lowest BCUT2D eigenvalue weighted by Crippen LogP contribution is -2.17. The predicted octanol–water partition coefficient (Wildman–Crippen LogP) is 2.97.